The molecule has 3 rings (SSSR count). The molecule has 5 nitrogen and oxygen atoms in total. The molecule has 120 valence electrons. The minimum absolute atomic E-state index is 0.0120. The first kappa shape index (κ1) is 15.9. The minimum Gasteiger partial charge on any atom is -0.361 e. The summed E-state index contributed by atoms with van der Waals surface area (Å²) in [6, 6.07) is 3.99. The molecule has 0 N–H and O–H groups in total. The fourth-order valence-electron chi connectivity index (χ4n) is 2.33. The molecule has 0 aliphatic carbocycles. The van der Waals surface area contributed by atoms with Crippen molar-refractivity contribution < 1.29 is 9.32 Å². The van der Waals surface area contributed by atoms with Crippen LogP contribution in [-0.4, -0.2) is 15.5 Å². The molecule has 3 aromatic heterocycles. The van der Waals surface area contributed by atoms with Gasteiger partial charge in [0.1, 0.15) is 5.76 Å². The van der Waals surface area contributed by atoms with Crippen LogP contribution in [0.5, 0.6) is 0 Å². The number of aromatic nitrogens is 2. The van der Waals surface area contributed by atoms with Gasteiger partial charge >= 0.3 is 4.87 Å². The highest BCUT2D eigenvalue weighted by molar-refractivity contribution is 7.11. The second kappa shape index (κ2) is 6.64. The van der Waals surface area contributed by atoms with Gasteiger partial charge in [0.25, 0.3) is 0 Å². The van der Waals surface area contributed by atoms with Gasteiger partial charge in [-0.2, -0.15) is 0 Å². The van der Waals surface area contributed by atoms with E-state index in [9.17, 15) is 9.59 Å². The van der Waals surface area contributed by atoms with E-state index in [0.717, 1.165) is 22.6 Å². The number of Topliss-reactive ketones (excluding diaryl/α,β-unsaturated/α-hetero) is 1. The van der Waals surface area contributed by atoms with E-state index in [4.69, 9.17) is 4.52 Å². The normalized spacial score (nSPS) is 11.0. The molecule has 0 fully saturated rings. The smallest absolute Gasteiger partial charge is 0.308 e. The number of ketones is 1. The van der Waals surface area contributed by atoms with Gasteiger partial charge in [0.2, 0.25) is 0 Å². The highest BCUT2D eigenvalue weighted by Crippen LogP contribution is 2.17. The third kappa shape index (κ3) is 3.51. The molecular formula is C16H16N2O3S2. The molecule has 0 radical (unpaired) electrons. The van der Waals surface area contributed by atoms with Crippen molar-refractivity contribution in [2.45, 2.75) is 33.2 Å². The lowest BCUT2D eigenvalue weighted by Crippen LogP contribution is -2.13. The van der Waals surface area contributed by atoms with Gasteiger partial charge in [-0.05, 0) is 31.7 Å². The van der Waals surface area contributed by atoms with E-state index >= 15 is 0 Å². The Morgan fingerprint density at radius 2 is 2.22 bits per heavy atom. The van der Waals surface area contributed by atoms with Gasteiger partial charge in [-0.3, -0.25) is 9.59 Å². The number of aryl methyl sites for hydroxylation is 3. The Labute approximate surface area is 141 Å². The third-order valence-electron chi connectivity index (χ3n) is 3.67. The quantitative estimate of drug-likeness (QED) is 0.640. The average molecular weight is 348 g/mol. The molecule has 0 atom stereocenters. The maximum Gasteiger partial charge on any atom is 0.308 e. The van der Waals surface area contributed by atoms with Crippen molar-refractivity contribution in [2.75, 3.05) is 0 Å². The Hall–Kier alpha value is -1.99. The summed E-state index contributed by atoms with van der Waals surface area (Å²) in [5.41, 5.74) is 1.66. The van der Waals surface area contributed by atoms with Crippen molar-refractivity contribution in [3.8, 4) is 0 Å². The predicted molar refractivity (Wildman–Crippen MR) is 90.6 cm³/mol. The topological polar surface area (TPSA) is 65.1 Å². The zero-order valence-corrected chi connectivity index (χ0v) is 14.5. The molecule has 0 aliphatic heterocycles. The van der Waals surface area contributed by atoms with Gasteiger partial charge in [-0.25, -0.2) is 0 Å². The van der Waals surface area contributed by atoms with Gasteiger partial charge in [0.05, 0.1) is 17.1 Å². The largest absolute Gasteiger partial charge is 0.361 e. The number of nitrogens with zero attached hydrogens (tertiary/aromatic N) is 2. The van der Waals surface area contributed by atoms with Crippen LogP contribution in [0.25, 0.3) is 0 Å². The van der Waals surface area contributed by atoms with E-state index in [2.05, 4.69) is 5.16 Å². The molecule has 3 aromatic rings. The summed E-state index contributed by atoms with van der Waals surface area (Å²) < 4.78 is 6.66. The highest BCUT2D eigenvalue weighted by Gasteiger charge is 2.15. The molecule has 0 saturated carbocycles. The molecule has 0 aliphatic rings. The van der Waals surface area contributed by atoms with Crippen LogP contribution in [0.15, 0.2) is 33.0 Å². The lowest BCUT2D eigenvalue weighted by molar-refractivity contribution is 0.0986. The summed E-state index contributed by atoms with van der Waals surface area (Å²) in [5, 5.41) is 5.89. The van der Waals surface area contributed by atoms with E-state index in [1.807, 2.05) is 31.4 Å². The third-order valence-corrected chi connectivity index (χ3v) is 5.57. The van der Waals surface area contributed by atoms with Crippen LogP contribution in [0.2, 0.25) is 0 Å². The van der Waals surface area contributed by atoms with Gasteiger partial charge < -0.3 is 9.09 Å². The number of carbonyl (C=O) groups excluding carboxylic acids is 1. The molecule has 0 saturated heterocycles. The standard InChI is InChI=1S/C16H16N2O3S2/c1-10-13(11(2)21-17-10)8-18-9-15(23-16(18)20)14(19)6-5-12-4-3-7-22-12/h3-4,7,9H,5-6,8H2,1-2H3. The predicted octanol–water partition coefficient (Wildman–Crippen LogP) is 3.44. The number of carbonyl (C=O) groups is 1. The number of hydrogen-bond acceptors (Lipinski definition) is 6. The second-order valence-corrected chi connectivity index (χ2v) is 7.32. The molecule has 0 spiro atoms. The van der Waals surface area contributed by atoms with Crippen molar-refractivity contribution >= 4 is 28.5 Å². The Balaban J connectivity index is 1.73. The van der Waals surface area contributed by atoms with E-state index < -0.39 is 0 Å². The van der Waals surface area contributed by atoms with Crippen LogP contribution in [0.3, 0.4) is 0 Å². The molecular weight excluding hydrogens is 332 g/mol. The SMILES string of the molecule is Cc1noc(C)c1Cn1cc(C(=O)CCc2cccs2)sc1=O. The van der Waals surface area contributed by atoms with Crippen molar-refractivity contribution in [2.24, 2.45) is 0 Å². The van der Waals surface area contributed by atoms with Gasteiger partial charge in [0.15, 0.2) is 5.78 Å². The fraction of sp³-hybridized carbons (Fsp3) is 0.312. The first-order valence-corrected chi connectivity index (χ1v) is 8.92. The number of thiazole rings is 1. The molecule has 0 unspecified atom stereocenters. The maximum atomic E-state index is 12.3. The van der Waals surface area contributed by atoms with Crippen LogP contribution in [0, 0.1) is 13.8 Å². The summed E-state index contributed by atoms with van der Waals surface area (Å²) >= 11 is 2.64. The molecule has 3 heterocycles. The molecule has 0 bridgehead atoms. The summed E-state index contributed by atoms with van der Waals surface area (Å²) in [4.78, 5) is 25.9. The average Bonchev–Trinajstić information content (AvgIpc) is 3.23. The molecule has 23 heavy (non-hydrogen) atoms. The van der Waals surface area contributed by atoms with Crippen LogP contribution >= 0.6 is 22.7 Å². The van der Waals surface area contributed by atoms with Crippen LogP contribution in [0.1, 0.15) is 38.0 Å². The monoisotopic (exact) mass is 348 g/mol. The highest BCUT2D eigenvalue weighted by atomic mass is 32.1. The van der Waals surface area contributed by atoms with Crippen LogP contribution in [0.4, 0.5) is 0 Å². The minimum atomic E-state index is -0.135. The number of hydrogen-bond donors (Lipinski definition) is 0. The Morgan fingerprint density at radius 1 is 1.39 bits per heavy atom. The van der Waals surface area contributed by atoms with E-state index in [1.54, 1.807) is 22.1 Å². The van der Waals surface area contributed by atoms with Gasteiger partial charge in [0, 0.05) is 23.1 Å². The van der Waals surface area contributed by atoms with Crippen LogP contribution in [-0.2, 0) is 13.0 Å². The van der Waals surface area contributed by atoms with Crippen molar-refractivity contribution in [3.63, 3.8) is 0 Å². The summed E-state index contributed by atoms with van der Waals surface area (Å²) in [5.74, 6) is 0.712. The van der Waals surface area contributed by atoms with Crippen molar-refractivity contribution in [1.82, 2.24) is 9.72 Å². The summed E-state index contributed by atoms with van der Waals surface area (Å²) in [6.45, 7) is 4.05. The zero-order valence-electron chi connectivity index (χ0n) is 12.9. The van der Waals surface area contributed by atoms with E-state index in [0.29, 0.717) is 30.0 Å². The second-order valence-electron chi connectivity index (χ2n) is 5.29. The fourth-order valence-corrected chi connectivity index (χ4v) is 3.85. The Morgan fingerprint density at radius 3 is 2.87 bits per heavy atom. The lowest BCUT2D eigenvalue weighted by atomic mass is 10.2. The summed E-state index contributed by atoms with van der Waals surface area (Å²) in [6.07, 6.45) is 2.79. The van der Waals surface area contributed by atoms with Crippen molar-refractivity contribution in [1.29, 1.82) is 0 Å². The number of thiophene rings is 1. The zero-order chi connectivity index (χ0) is 16.4. The van der Waals surface area contributed by atoms with E-state index in [1.165, 1.54) is 4.88 Å². The van der Waals surface area contributed by atoms with Gasteiger partial charge in [-0.1, -0.05) is 22.6 Å². The Kier molecular flexibility index (Phi) is 4.58. The lowest BCUT2D eigenvalue weighted by Gasteiger charge is -2.00. The maximum absolute atomic E-state index is 12.3. The molecule has 0 aromatic carbocycles. The first-order chi connectivity index (χ1) is 11.0. The van der Waals surface area contributed by atoms with Crippen LogP contribution < -0.4 is 4.87 Å². The summed E-state index contributed by atoms with van der Waals surface area (Å²) in [7, 11) is 0. The molecule has 0 amide bonds. The first-order valence-electron chi connectivity index (χ1n) is 7.22. The Bertz CT molecular complexity index is 852. The van der Waals surface area contributed by atoms with E-state index in [-0.39, 0.29) is 10.7 Å². The van der Waals surface area contributed by atoms with Crippen molar-refractivity contribution in [3.05, 3.63) is 60.1 Å². The number of rotatable bonds is 6. The molecule has 7 heteroatoms. The van der Waals surface area contributed by atoms with Gasteiger partial charge in [-0.15, -0.1) is 11.3 Å².